The minimum Gasteiger partial charge on any atom is -0.282 e. The molecule has 1 aliphatic heterocycles. The Balaban J connectivity index is 1.28. The van der Waals surface area contributed by atoms with E-state index in [4.69, 9.17) is 0 Å². The van der Waals surface area contributed by atoms with Crippen LogP contribution < -0.4 is 5.69 Å². The Morgan fingerprint density at radius 1 is 0.966 bits per heavy atom. The van der Waals surface area contributed by atoms with Crippen molar-refractivity contribution >= 4 is 15.7 Å². The molecule has 3 heterocycles. The van der Waals surface area contributed by atoms with Gasteiger partial charge in [0.1, 0.15) is 0 Å². The highest BCUT2D eigenvalue weighted by molar-refractivity contribution is 7.89. The minimum atomic E-state index is -3.49. The summed E-state index contributed by atoms with van der Waals surface area (Å²) in [5.74, 6) is 0. The Kier molecular flexibility index (Phi) is 4.53. The van der Waals surface area contributed by atoms with Crippen molar-refractivity contribution in [2.45, 2.75) is 30.8 Å². The van der Waals surface area contributed by atoms with Crippen LogP contribution in [0, 0.1) is 0 Å². The van der Waals surface area contributed by atoms with Gasteiger partial charge in [0.25, 0.3) is 0 Å². The molecule has 29 heavy (non-hydrogen) atoms. The van der Waals surface area contributed by atoms with E-state index in [9.17, 15) is 13.2 Å². The number of sulfonamides is 1. The second-order valence-electron chi connectivity index (χ2n) is 7.66. The molecule has 0 N–H and O–H groups in total. The van der Waals surface area contributed by atoms with Crippen molar-refractivity contribution < 1.29 is 8.42 Å². The molecule has 1 saturated heterocycles. The molecule has 8 nitrogen and oxygen atoms in total. The first kappa shape index (κ1) is 18.5. The number of aromatic nitrogens is 3. The highest BCUT2D eigenvalue weighted by Gasteiger charge is 2.29. The number of nitrogens with zero attached hydrogens (tertiary/aromatic N) is 5. The molecule has 0 spiro atoms. The van der Waals surface area contributed by atoms with Crippen LogP contribution >= 0.6 is 0 Å². The summed E-state index contributed by atoms with van der Waals surface area (Å²) in [5.41, 5.74) is 2.85. The number of hydrogen-bond acceptors (Lipinski definition) is 5. The average Bonchev–Trinajstić information content (AvgIpc) is 3.33. The van der Waals surface area contributed by atoms with Gasteiger partial charge in [-0.1, -0.05) is 12.1 Å². The lowest BCUT2D eigenvalue weighted by molar-refractivity contribution is 0.144. The van der Waals surface area contributed by atoms with Crippen LogP contribution in [0.5, 0.6) is 0 Å². The third-order valence-corrected chi connectivity index (χ3v) is 7.76. The smallest absolute Gasteiger partial charge is 0.282 e. The van der Waals surface area contributed by atoms with Crippen LogP contribution in [0.2, 0.25) is 0 Å². The molecular formula is C20H23N5O3S. The molecule has 0 amide bonds. The molecule has 1 aliphatic carbocycles. The summed E-state index contributed by atoms with van der Waals surface area (Å²) in [6.45, 7) is 2.28. The van der Waals surface area contributed by atoms with Crippen LogP contribution in [0.4, 0.5) is 0 Å². The van der Waals surface area contributed by atoms with Crippen LogP contribution in [0.25, 0.3) is 5.65 Å². The Bertz CT molecular complexity index is 1220. The summed E-state index contributed by atoms with van der Waals surface area (Å²) in [6, 6.07) is 11.0. The lowest BCUT2D eigenvalue weighted by Gasteiger charge is -2.33. The Hall–Kier alpha value is -2.49. The number of fused-ring (bicyclic) bond motifs is 2. The van der Waals surface area contributed by atoms with Crippen LogP contribution in [0.1, 0.15) is 17.5 Å². The molecule has 152 valence electrons. The fourth-order valence-electron chi connectivity index (χ4n) is 4.22. The summed E-state index contributed by atoms with van der Waals surface area (Å²) in [4.78, 5) is 14.9. The third-order valence-electron chi connectivity index (χ3n) is 5.86. The van der Waals surface area contributed by atoms with Crippen molar-refractivity contribution in [3.05, 3.63) is 64.2 Å². The zero-order valence-electron chi connectivity index (χ0n) is 16.1. The number of rotatable bonds is 4. The lowest BCUT2D eigenvalue weighted by atomic mass is 10.1. The van der Waals surface area contributed by atoms with E-state index in [0.717, 1.165) is 24.8 Å². The molecule has 1 aromatic carbocycles. The molecule has 0 unspecified atom stereocenters. The van der Waals surface area contributed by atoms with Gasteiger partial charge in [0, 0.05) is 32.4 Å². The molecule has 0 radical (unpaired) electrons. The summed E-state index contributed by atoms with van der Waals surface area (Å²) in [6.07, 6.45) is 4.79. The molecule has 2 aliphatic rings. The van der Waals surface area contributed by atoms with Gasteiger partial charge in [-0.25, -0.2) is 13.2 Å². The van der Waals surface area contributed by atoms with Gasteiger partial charge < -0.3 is 0 Å². The molecule has 9 heteroatoms. The van der Waals surface area contributed by atoms with Crippen molar-refractivity contribution in [1.29, 1.82) is 0 Å². The average molecular weight is 414 g/mol. The van der Waals surface area contributed by atoms with Gasteiger partial charge in [-0.05, 0) is 54.7 Å². The van der Waals surface area contributed by atoms with E-state index < -0.39 is 10.0 Å². The Morgan fingerprint density at radius 3 is 2.55 bits per heavy atom. The van der Waals surface area contributed by atoms with Crippen molar-refractivity contribution in [2.75, 3.05) is 26.2 Å². The van der Waals surface area contributed by atoms with Crippen molar-refractivity contribution in [3.8, 4) is 0 Å². The monoisotopic (exact) mass is 413 g/mol. The maximum atomic E-state index is 13.1. The first-order chi connectivity index (χ1) is 14.0. The molecule has 2 aromatic heterocycles. The van der Waals surface area contributed by atoms with Crippen LogP contribution in [0.3, 0.4) is 0 Å². The third kappa shape index (κ3) is 3.29. The molecule has 3 aromatic rings. The van der Waals surface area contributed by atoms with Crippen LogP contribution in [-0.2, 0) is 29.5 Å². The summed E-state index contributed by atoms with van der Waals surface area (Å²) < 4.78 is 30.6. The van der Waals surface area contributed by atoms with E-state index in [1.54, 1.807) is 28.7 Å². The summed E-state index contributed by atoms with van der Waals surface area (Å²) >= 11 is 0. The largest absolute Gasteiger partial charge is 0.351 e. The maximum absolute atomic E-state index is 13.1. The van der Waals surface area contributed by atoms with E-state index in [2.05, 4.69) is 10.00 Å². The Labute approximate surface area is 169 Å². The van der Waals surface area contributed by atoms with E-state index in [1.165, 1.54) is 14.6 Å². The first-order valence-electron chi connectivity index (χ1n) is 9.91. The lowest BCUT2D eigenvalue weighted by Crippen LogP contribution is -2.49. The van der Waals surface area contributed by atoms with E-state index in [0.29, 0.717) is 43.4 Å². The molecular weight excluding hydrogens is 390 g/mol. The van der Waals surface area contributed by atoms with E-state index >= 15 is 0 Å². The normalized spacial score (nSPS) is 18.3. The zero-order chi connectivity index (χ0) is 20.0. The highest BCUT2D eigenvalue weighted by atomic mass is 32.2. The van der Waals surface area contributed by atoms with Gasteiger partial charge in [0.2, 0.25) is 10.0 Å². The number of benzene rings is 1. The predicted octanol–water partition coefficient (Wildman–Crippen LogP) is 0.949. The molecule has 5 rings (SSSR count). The van der Waals surface area contributed by atoms with E-state index in [1.807, 2.05) is 18.2 Å². The van der Waals surface area contributed by atoms with Gasteiger partial charge in [0.15, 0.2) is 5.65 Å². The van der Waals surface area contributed by atoms with Gasteiger partial charge >= 0.3 is 5.69 Å². The van der Waals surface area contributed by atoms with Crippen molar-refractivity contribution in [1.82, 2.24) is 23.4 Å². The van der Waals surface area contributed by atoms with Gasteiger partial charge in [-0.2, -0.15) is 8.99 Å². The number of piperazine rings is 1. The highest BCUT2D eigenvalue weighted by Crippen LogP contribution is 2.26. The molecule has 1 fully saturated rings. The van der Waals surface area contributed by atoms with Crippen LogP contribution in [-0.4, -0.2) is 58.0 Å². The number of hydrogen-bond donors (Lipinski definition) is 0. The van der Waals surface area contributed by atoms with Gasteiger partial charge in [-0.15, -0.1) is 5.10 Å². The topological polar surface area (TPSA) is 79.9 Å². The second kappa shape index (κ2) is 7.08. The number of aryl methyl sites for hydroxylation is 2. The Morgan fingerprint density at radius 2 is 1.76 bits per heavy atom. The maximum Gasteiger partial charge on any atom is 0.351 e. The SMILES string of the molecule is O=c1n(CN2CCN(S(=O)(=O)c3ccc4c(c3)CCC4)CC2)nc2ccccn12. The minimum absolute atomic E-state index is 0.186. The van der Waals surface area contributed by atoms with Gasteiger partial charge in [-0.3, -0.25) is 9.30 Å². The molecule has 0 bridgehead atoms. The zero-order valence-corrected chi connectivity index (χ0v) is 16.9. The number of pyridine rings is 1. The fourth-order valence-corrected chi connectivity index (χ4v) is 5.69. The summed E-state index contributed by atoms with van der Waals surface area (Å²) in [5, 5.41) is 4.35. The van der Waals surface area contributed by atoms with E-state index in [-0.39, 0.29) is 5.69 Å². The summed E-state index contributed by atoms with van der Waals surface area (Å²) in [7, 11) is -3.49. The van der Waals surface area contributed by atoms with Crippen LogP contribution in [0.15, 0.2) is 52.3 Å². The van der Waals surface area contributed by atoms with Crippen molar-refractivity contribution in [2.24, 2.45) is 0 Å². The van der Waals surface area contributed by atoms with Gasteiger partial charge in [0.05, 0.1) is 11.6 Å². The first-order valence-corrected chi connectivity index (χ1v) is 11.3. The predicted molar refractivity (Wildman–Crippen MR) is 108 cm³/mol. The molecule has 0 atom stereocenters. The fraction of sp³-hybridized carbons (Fsp3) is 0.400. The van der Waals surface area contributed by atoms with Crippen molar-refractivity contribution in [3.63, 3.8) is 0 Å². The second-order valence-corrected chi connectivity index (χ2v) is 9.60. The molecule has 0 saturated carbocycles. The quantitative estimate of drug-likeness (QED) is 0.636. The standard InChI is InChI=1S/C20H23N5O3S/c26-20-24-9-2-1-6-19(24)21-25(20)15-22-10-12-23(13-11-22)29(27,28)18-8-7-16-4-3-5-17(16)14-18/h1-2,6-9,14H,3-5,10-13,15H2.